The van der Waals surface area contributed by atoms with E-state index in [0.29, 0.717) is 22.5 Å². The number of carbonyl (C=O) groups excluding carboxylic acids is 1. The molecule has 0 aliphatic carbocycles. The quantitative estimate of drug-likeness (QED) is 0.599. The van der Waals surface area contributed by atoms with Gasteiger partial charge >= 0.3 is 5.97 Å². The minimum absolute atomic E-state index is 0.224. The van der Waals surface area contributed by atoms with E-state index in [1.165, 1.54) is 6.26 Å². The fourth-order valence-electron chi connectivity index (χ4n) is 3.25. The van der Waals surface area contributed by atoms with Crippen molar-refractivity contribution in [3.63, 3.8) is 0 Å². The third-order valence-corrected chi connectivity index (χ3v) is 5.76. The summed E-state index contributed by atoms with van der Waals surface area (Å²) in [5.74, 6) is 0.00716. The maximum absolute atomic E-state index is 12.8. The second-order valence-corrected chi connectivity index (χ2v) is 8.74. The topological polar surface area (TPSA) is 60.4 Å². The van der Waals surface area contributed by atoms with Gasteiger partial charge in [0.05, 0.1) is 10.5 Å². The highest BCUT2D eigenvalue weighted by molar-refractivity contribution is 7.90. The lowest BCUT2D eigenvalue weighted by Crippen LogP contribution is -1.98. The molecule has 4 rings (SSSR count). The van der Waals surface area contributed by atoms with E-state index in [4.69, 9.17) is 4.74 Å². The Hall–Kier alpha value is -3.44. The molecule has 0 aromatic heterocycles. The maximum atomic E-state index is 12.8. The van der Waals surface area contributed by atoms with Crippen LogP contribution >= 0.6 is 0 Å². The maximum Gasteiger partial charge on any atom is 0.344 e. The highest BCUT2D eigenvalue weighted by Gasteiger charge is 2.32. The molecule has 0 fully saturated rings. The van der Waals surface area contributed by atoms with Crippen LogP contribution in [0.2, 0.25) is 0 Å². The average Bonchev–Trinajstić information content (AvgIpc) is 3.04. The molecule has 0 atom stereocenters. The summed E-state index contributed by atoms with van der Waals surface area (Å²) >= 11 is 0. The van der Waals surface area contributed by atoms with Gasteiger partial charge in [-0.25, -0.2) is 13.2 Å². The van der Waals surface area contributed by atoms with Gasteiger partial charge < -0.3 is 4.74 Å². The monoisotopic (exact) mass is 402 g/mol. The van der Waals surface area contributed by atoms with Crippen molar-refractivity contribution in [3.05, 3.63) is 107 Å². The molecule has 0 amide bonds. The second kappa shape index (κ2) is 7.53. The molecule has 0 N–H and O–H groups in total. The SMILES string of the molecule is CS(=O)(=O)c1ccc(C2=C(c3ccccc3)C(=O)O/C2=C\c2ccccc2)cc1. The van der Waals surface area contributed by atoms with Gasteiger partial charge in [0.25, 0.3) is 0 Å². The normalized spacial score (nSPS) is 15.6. The Balaban J connectivity index is 1.92. The smallest absolute Gasteiger partial charge is 0.344 e. The fraction of sp³-hybridized carbons (Fsp3) is 0.0417. The summed E-state index contributed by atoms with van der Waals surface area (Å²) in [5.41, 5.74) is 3.46. The van der Waals surface area contributed by atoms with E-state index in [1.54, 1.807) is 24.3 Å². The van der Waals surface area contributed by atoms with Crippen LogP contribution in [0.3, 0.4) is 0 Å². The summed E-state index contributed by atoms with van der Waals surface area (Å²) < 4.78 is 29.2. The van der Waals surface area contributed by atoms with Crippen molar-refractivity contribution in [3.8, 4) is 0 Å². The molecule has 5 heteroatoms. The van der Waals surface area contributed by atoms with Gasteiger partial charge in [0.2, 0.25) is 0 Å². The van der Waals surface area contributed by atoms with Gasteiger partial charge in [-0.1, -0.05) is 72.8 Å². The van der Waals surface area contributed by atoms with Crippen molar-refractivity contribution in [2.45, 2.75) is 4.90 Å². The van der Waals surface area contributed by atoms with Crippen LogP contribution in [0, 0.1) is 0 Å². The molecule has 1 heterocycles. The Morgan fingerprint density at radius 3 is 1.86 bits per heavy atom. The number of cyclic esters (lactones) is 1. The van der Waals surface area contributed by atoms with Gasteiger partial charge in [-0.15, -0.1) is 0 Å². The third kappa shape index (κ3) is 3.91. The molecule has 3 aromatic carbocycles. The van der Waals surface area contributed by atoms with Crippen LogP contribution < -0.4 is 0 Å². The van der Waals surface area contributed by atoms with Crippen molar-refractivity contribution in [1.29, 1.82) is 0 Å². The van der Waals surface area contributed by atoms with Crippen LogP contribution in [0.1, 0.15) is 16.7 Å². The summed E-state index contributed by atoms with van der Waals surface area (Å²) in [6, 6.07) is 25.4. The minimum Gasteiger partial charge on any atom is -0.422 e. The summed E-state index contributed by atoms with van der Waals surface area (Å²) in [7, 11) is -3.31. The molecule has 0 saturated heterocycles. The molecule has 29 heavy (non-hydrogen) atoms. The zero-order valence-electron chi connectivity index (χ0n) is 15.7. The van der Waals surface area contributed by atoms with Crippen LogP contribution in [-0.4, -0.2) is 20.6 Å². The first-order valence-corrected chi connectivity index (χ1v) is 10.9. The van der Waals surface area contributed by atoms with Crippen LogP contribution in [0.25, 0.3) is 17.2 Å². The molecule has 0 unspecified atom stereocenters. The molecular formula is C24H18O4S. The van der Waals surface area contributed by atoms with E-state index >= 15 is 0 Å². The summed E-state index contributed by atoms with van der Waals surface area (Å²) in [4.78, 5) is 13.0. The minimum atomic E-state index is -3.31. The van der Waals surface area contributed by atoms with E-state index < -0.39 is 15.8 Å². The summed E-state index contributed by atoms with van der Waals surface area (Å²) in [5, 5.41) is 0. The highest BCUT2D eigenvalue weighted by atomic mass is 32.2. The number of hydrogen-bond donors (Lipinski definition) is 0. The zero-order valence-corrected chi connectivity index (χ0v) is 16.5. The van der Waals surface area contributed by atoms with Crippen molar-refractivity contribution in [2.75, 3.05) is 6.26 Å². The molecule has 0 spiro atoms. The molecule has 0 radical (unpaired) electrons. The summed E-state index contributed by atoms with van der Waals surface area (Å²) in [6.07, 6.45) is 2.98. The Bertz CT molecular complexity index is 1220. The molecule has 0 saturated carbocycles. The van der Waals surface area contributed by atoms with Crippen molar-refractivity contribution < 1.29 is 17.9 Å². The number of carbonyl (C=O) groups is 1. The predicted molar refractivity (Wildman–Crippen MR) is 113 cm³/mol. The first-order valence-electron chi connectivity index (χ1n) is 9.03. The molecule has 0 bridgehead atoms. The van der Waals surface area contributed by atoms with Gasteiger partial charge in [-0.3, -0.25) is 0 Å². The second-order valence-electron chi connectivity index (χ2n) is 6.72. The molecule has 3 aromatic rings. The highest BCUT2D eigenvalue weighted by Crippen LogP contribution is 2.40. The Kier molecular flexibility index (Phi) is 4.91. The fourth-order valence-corrected chi connectivity index (χ4v) is 3.88. The molecule has 144 valence electrons. The summed E-state index contributed by atoms with van der Waals surface area (Å²) in [6.45, 7) is 0. The lowest BCUT2D eigenvalue weighted by atomic mass is 9.94. The van der Waals surface area contributed by atoms with Crippen LogP contribution in [0.5, 0.6) is 0 Å². The number of allylic oxidation sites excluding steroid dienone is 1. The average molecular weight is 402 g/mol. The zero-order chi connectivity index (χ0) is 20.4. The van der Waals surface area contributed by atoms with E-state index in [1.807, 2.05) is 66.7 Å². The number of ether oxygens (including phenoxy) is 1. The number of benzene rings is 3. The van der Waals surface area contributed by atoms with Gasteiger partial charge in [-0.2, -0.15) is 0 Å². The molecular weight excluding hydrogens is 384 g/mol. The third-order valence-electron chi connectivity index (χ3n) is 4.63. The van der Waals surface area contributed by atoms with Crippen molar-refractivity contribution in [2.24, 2.45) is 0 Å². The lowest BCUT2D eigenvalue weighted by molar-refractivity contribution is -0.131. The van der Waals surface area contributed by atoms with Crippen LogP contribution in [0.4, 0.5) is 0 Å². The number of rotatable bonds is 4. The Labute approximate surface area is 169 Å². The number of hydrogen-bond acceptors (Lipinski definition) is 4. The standard InChI is InChI=1S/C24H18O4S/c1-29(26,27)20-14-12-19(13-15-20)22-21(16-17-8-4-2-5-9-17)28-24(25)23(22)18-10-6-3-7-11-18/h2-16H,1H3/b21-16-. The van der Waals surface area contributed by atoms with E-state index in [9.17, 15) is 13.2 Å². The van der Waals surface area contributed by atoms with Crippen LogP contribution in [0.15, 0.2) is 95.6 Å². The van der Waals surface area contributed by atoms with E-state index in [2.05, 4.69) is 0 Å². The van der Waals surface area contributed by atoms with Crippen molar-refractivity contribution in [1.82, 2.24) is 0 Å². The van der Waals surface area contributed by atoms with Gasteiger partial charge in [0, 0.05) is 11.8 Å². The lowest BCUT2D eigenvalue weighted by Gasteiger charge is -2.08. The Morgan fingerprint density at radius 2 is 1.28 bits per heavy atom. The predicted octanol–water partition coefficient (Wildman–Crippen LogP) is 4.60. The first kappa shape index (κ1) is 18.9. The molecule has 1 aliphatic rings. The van der Waals surface area contributed by atoms with Crippen molar-refractivity contribution >= 4 is 33.0 Å². The Morgan fingerprint density at radius 1 is 0.724 bits per heavy atom. The van der Waals surface area contributed by atoms with E-state index in [-0.39, 0.29) is 4.90 Å². The number of sulfone groups is 1. The van der Waals surface area contributed by atoms with Gasteiger partial charge in [0.1, 0.15) is 5.76 Å². The largest absolute Gasteiger partial charge is 0.422 e. The van der Waals surface area contributed by atoms with E-state index in [0.717, 1.165) is 11.1 Å². The van der Waals surface area contributed by atoms with Gasteiger partial charge in [0.15, 0.2) is 9.84 Å². The molecule has 4 nitrogen and oxygen atoms in total. The first-order chi connectivity index (χ1) is 13.9. The molecule has 1 aliphatic heterocycles. The number of esters is 1. The van der Waals surface area contributed by atoms with Crippen LogP contribution in [-0.2, 0) is 19.4 Å². The van der Waals surface area contributed by atoms with Gasteiger partial charge in [-0.05, 0) is 34.9 Å².